The number of amides is 1. The minimum Gasteiger partial charge on any atom is -0.450 e. The van der Waals surface area contributed by atoms with Gasteiger partial charge in [-0.15, -0.1) is 0 Å². The van der Waals surface area contributed by atoms with Crippen molar-refractivity contribution >= 4 is 40.9 Å². The molecular weight excluding hydrogens is 735 g/mol. The van der Waals surface area contributed by atoms with Crippen molar-refractivity contribution in [3.8, 4) is 22.8 Å². The van der Waals surface area contributed by atoms with Gasteiger partial charge >= 0.3 is 6.09 Å². The van der Waals surface area contributed by atoms with Gasteiger partial charge in [0.2, 0.25) is 0 Å². The number of aryl methyl sites for hydroxylation is 1. The van der Waals surface area contributed by atoms with Crippen molar-refractivity contribution in [2.45, 2.75) is 77.2 Å². The Kier molecular flexibility index (Phi) is 12.4. The Bertz CT molecular complexity index is 2200. The summed E-state index contributed by atoms with van der Waals surface area (Å²) in [7, 11) is -4.91. The highest BCUT2D eigenvalue weighted by Gasteiger charge is 2.23. The van der Waals surface area contributed by atoms with Gasteiger partial charge < -0.3 is 29.4 Å². The first-order valence-corrected chi connectivity index (χ1v) is 22.8. The van der Waals surface area contributed by atoms with E-state index in [1.165, 1.54) is 18.6 Å². The van der Waals surface area contributed by atoms with Gasteiger partial charge in [0.25, 0.3) is 0 Å². The zero-order valence-electron chi connectivity index (χ0n) is 31.5. The number of carbonyl (C=O) groups is 1. The Morgan fingerprint density at radius 2 is 1.69 bits per heavy atom. The van der Waals surface area contributed by atoms with Crippen LogP contribution < -0.4 is 15.4 Å². The van der Waals surface area contributed by atoms with Crippen LogP contribution in [0.2, 0.25) is 25.7 Å². The van der Waals surface area contributed by atoms with E-state index in [9.17, 15) is 13.2 Å². The average molecular weight is 781 g/mol. The van der Waals surface area contributed by atoms with Crippen LogP contribution in [0, 0.1) is 18.6 Å². The highest BCUT2D eigenvalue weighted by molar-refractivity contribution is 7.91. The number of anilines is 1. The summed E-state index contributed by atoms with van der Waals surface area (Å²) in [4.78, 5) is 25.6. The van der Waals surface area contributed by atoms with Gasteiger partial charge in [-0.05, 0) is 69.6 Å². The molecule has 0 aliphatic rings. The van der Waals surface area contributed by atoms with Gasteiger partial charge in [-0.25, -0.2) is 36.9 Å². The van der Waals surface area contributed by atoms with Crippen LogP contribution in [-0.4, -0.2) is 66.6 Å². The fourth-order valence-electron chi connectivity index (χ4n) is 5.29. The molecule has 0 unspecified atom stereocenters. The van der Waals surface area contributed by atoms with Crippen LogP contribution in [0.25, 0.3) is 22.3 Å². The van der Waals surface area contributed by atoms with Gasteiger partial charge in [-0.3, -0.25) is 0 Å². The summed E-state index contributed by atoms with van der Waals surface area (Å²) in [5.74, 6) is -2.31. The summed E-state index contributed by atoms with van der Waals surface area (Å²) in [5.41, 5.74) is 1.74. The quantitative estimate of drug-likeness (QED) is 0.0790. The third-order valence-corrected chi connectivity index (χ3v) is 11.5. The normalized spacial score (nSPS) is 12.2. The number of nitrogens with one attached hydrogen (secondary N) is 2. The van der Waals surface area contributed by atoms with Crippen molar-refractivity contribution in [1.82, 2.24) is 24.8 Å². The molecule has 2 aromatic carbocycles. The lowest BCUT2D eigenvalue weighted by molar-refractivity contribution is 0.0523. The number of pyridine rings is 1. The molecule has 3 aromatic heterocycles. The SMILES string of the molecule is Cc1ccc(S(=O)(=O)CCNc2cc(-c3cn(COCC[Si](C)(C)C)c4nccc(Oc5c(F)cc(CNC(=O)OC(C)(C)C)cc5F)c34)ncn2)cc1. The number of nitrogens with zero attached hydrogens (tertiary/aromatic N) is 4. The zero-order valence-corrected chi connectivity index (χ0v) is 33.3. The average Bonchev–Trinajstić information content (AvgIpc) is 3.46. The summed E-state index contributed by atoms with van der Waals surface area (Å²) in [6, 6.07) is 12.9. The number of carbonyl (C=O) groups excluding carboxylic acids is 1. The number of rotatable bonds is 15. The molecule has 2 N–H and O–H groups in total. The number of sulfone groups is 1. The van der Waals surface area contributed by atoms with E-state index in [2.05, 4.69) is 45.2 Å². The third-order valence-electron chi connectivity index (χ3n) is 8.05. The second kappa shape index (κ2) is 16.6. The van der Waals surface area contributed by atoms with E-state index in [1.807, 2.05) is 6.92 Å². The molecular formula is C38H46F2N6O6SSi. The molecule has 0 spiro atoms. The highest BCUT2D eigenvalue weighted by Crippen LogP contribution is 2.39. The number of halogens is 2. The van der Waals surface area contributed by atoms with E-state index < -0.39 is 47.0 Å². The van der Waals surface area contributed by atoms with E-state index in [4.69, 9.17) is 14.2 Å². The molecule has 3 heterocycles. The van der Waals surface area contributed by atoms with Crippen LogP contribution in [0.5, 0.6) is 11.5 Å². The first-order valence-electron chi connectivity index (χ1n) is 17.4. The van der Waals surface area contributed by atoms with Gasteiger partial charge in [0.15, 0.2) is 27.2 Å². The molecule has 0 saturated carbocycles. The lowest BCUT2D eigenvalue weighted by atomic mass is 10.1. The third kappa shape index (κ3) is 10.8. The van der Waals surface area contributed by atoms with Gasteiger partial charge in [0.05, 0.1) is 21.7 Å². The van der Waals surface area contributed by atoms with Gasteiger partial charge in [-0.1, -0.05) is 37.3 Å². The van der Waals surface area contributed by atoms with Gasteiger partial charge in [0.1, 0.15) is 35.9 Å². The Labute approximate surface area is 315 Å². The smallest absolute Gasteiger partial charge is 0.407 e. The standard InChI is InChI=1S/C38H46F2N6O6SSi/c1-25-8-10-27(11-9-25)53(48,49)16-14-41-33-20-31(44-23-45-33)28-22-46(24-50-15-17-54(5,6)7)36-34(28)32(12-13-42-36)51-35-29(39)18-26(19-30(35)40)21-43-37(47)52-38(2,3)4/h8-13,18-20,22-23H,14-17,21,24H2,1-7H3,(H,43,47)(H,41,44,45). The maximum Gasteiger partial charge on any atom is 0.407 e. The first kappa shape index (κ1) is 40.3. The van der Waals surface area contributed by atoms with Crippen molar-refractivity contribution in [2.75, 3.05) is 24.2 Å². The molecule has 0 fully saturated rings. The minimum absolute atomic E-state index is 0.0805. The summed E-state index contributed by atoms with van der Waals surface area (Å²) >= 11 is 0. The fraction of sp³-hybridized carbons (Fsp3) is 0.368. The predicted octanol–water partition coefficient (Wildman–Crippen LogP) is 8.10. The lowest BCUT2D eigenvalue weighted by Gasteiger charge is -2.19. The number of aromatic nitrogens is 4. The molecule has 12 nitrogen and oxygen atoms in total. The van der Waals surface area contributed by atoms with Crippen LogP contribution in [0.15, 0.2) is 72.1 Å². The second-order valence-corrected chi connectivity index (χ2v) is 22.8. The number of hydrogen-bond donors (Lipinski definition) is 2. The lowest BCUT2D eigenvalue weighted by Crippen LogP contribution is -2.32. The van der Waals surface area contributed by atoms with Crippen LogP contribution in [0.1, 0.15) is 31.9 Å². The molecule has 0 bridgehead atoms. The van der Waals surface area contributed by atoms with E-state index in [1.54, 1.807) is 61.9 Å². The topological polar surface area (TPSA) is 147 Å². The number of ether oxygens (including phenoxy) is 3. The Morgan fingerprint density at radius 1 is 0.981 bits per heavy atom. The van der Waals surface area contributed by atoms with Crippen molar-refractivity contribution in [3.63, 3.8) is 0 Å². The van der Waals surface area contributed by atoms with E-state index in [0.29, 0.717) is 34.7 Å². The van der Waals surface area contributed by atoms with E-state index in [0.717, 1.165) is 23.7 Å². The number of hydrogen-bond acceptors (Lipinski definition) is 10. The van der Waals surface area contributed by atoms with Gasteiger partial charge in [0, 0.05) is 51.8 Å². The maximum absolute atomic E-state index is 15.5. The van der Waals surface area contributed by atoms with E-state index >= 15 is 8.78 Å². The van der Waals surface area contributed by atoms with Crippen LogP contribution >= 0.6 is 0 Å². The molecule has 54 heavy (non-hydrogen) atoms. The summed E-state index contributed by atoms with van der Waals surface area (Å²) in [6.45, 7) is 14.4. The summed E-state index contributed by atoms with van der Waals surface area (Å²) in [5, 5.41) is 5.97. The Morgan fingerprint density at radius 3 is 2.35 bits per heavy atom. The summed E-state index contributed by atoms with van der Waals surface area (Å²) in [6.07, 6.45) is 3.85. The fourth-order valence-corrected chi connectivity index (χ4v) is 7.21. The Hall–Kier alpha value is -4.93. The molecule has 5 rings (SSSR count). The van der Waals surface area contributed by atoms with Crippen LogP contribution in [-0.2, 0) is 32.6 Å². The first-order chi connectivity index (χ1) is 25.4. The monoisotopic (exact) mass is 780 g/mol. The second-order valence-electron chi connectivity index (χ2n) is 15.1. The van der Waals surface area contributed by atoms with Crippen molar-refractivity contribution in [1.29, 1.82) is 0 Å². The molecule has 288 valence electrons. The zero-order chi connectivity index (χ0) is 39.3. The molecule has 0 aliphatic carbocycles. The van der Waals surface area contributed by atoms with Crippen molar-refractivity contribution < 1.29 is 36.2 Å². The van der Waals surface area contributed by atoms with Crippen molar-refractivity contribution in [3.05, 3.63) is 90.0 Å². The summed E-state index contributed by atoms with van der Waals surface area (Å²) < 4.78 is 75.8. The molecule has 0 saturated heterocycles. The molecule has 16 heteroatoms. The minimum atomic E-state index is -3.55. The molecule has 0 radical (unpaired) electrons. The predicted molar refractivity (Wildman–Crippen MR) is 206 cm³/mol. The van der Waals surface area contributed by atoms with Crippen LogP contribution in [0.3, 0.4) is 0 Å². The molecule has 5 aromatic rings. The molecule has 0 atom stereocenters. The highest BCUT2D eigenvalue weighted by atomic mass is 32.2. The van der Waals surface area contributed by atoms with E-state index in [-0.39, 0.29) is 41.8 Å². The number of fused-ring (bicyclic) bond motifs is 1. The number of alkyl carbamates (subject to hydrolysis) is 1. The van der Waals surface area contributed by atoms with Crippen molar-refractivity contribution in [2.24, 2.45) is 0 Å². The maximum atomic E-state index is 15.5. The molecule has 0 aliphatic heterocycles. The largest absolute Gasteiger partial charge is 0.450 e. The molecule has 1 amide bonds. The Balaban J connectivity index is 1.43. The van der Waals surface area contributed by atoms with Crippen LogP contribution in [0.4, 0.5) is 19.4 Å². The van der Waals surface area contributed by atoms with Gasteiger partial charge in [-0.2, -0.15) is 0 Å². The number of benzene rings is 2.